The molecule has 3 rings (SSSR count). The van der Waals surface area contributed by atoms with Gasteiger partial charge in [0.1, 0.15) is 16.5 Å². The number of Topliss-reactive ketones (excluding diaryl/α,β-unsaturated/α-hetero) is 1. The van der Waals surface area contributed by atoms with E-state index in [9.17, 15) is 38.4 Å². The molecular weight excluding hydrogens is 926 g/mol. The van der Waals surface area contributed by atoms with E-state index in [4.69, 9.17) is 19.3 Å². The SMILES string of the molecule is CC[C@H](C)[C@H](CC(=O)[C@H]1CCCCN1C)C(=O)N(C)[C@H](C[C@@H](OC(C)=O)c1nc(C(=O)N[C@@H](Cc2ccc(OCOP(=O)(O)O)c(NC(=O)CCC(C)(C)S)c2)CC(C)C(=O)O)cs1)C(C)C. The third-order valence-corrected chi connectivity index (χ3v) is 13.8. The summed E-state index contributed by atoms with van der Waals surface area (Å²) < 4.78 is 26.5. The van der Waals surface area contributed by atoms with Crippen LogP contribution < -0.4 is 15.4 Å². The fraction of sp³-hybridized carbons (Fsp3) is 0.674. The third-order valence-electron chi connectivity index (χ3n) is 12.2. The van der Waals surface area contributed by atoms with Gasteiger partial charge in [0, 0.05) is 61.4 Å². The Morgan fingerprint density at radius 2 is 1.78 bits per heavy atom. The van der Waals surface area contributed by atoms with Crippen LogP contribution in [0.1, 0.15) is 140 Å². The van der Waals surface area contributed by atoms with Gasteiger partial charge >= 0.3 is 19.8 Å². The summed E-state index contributed by atoms with van der Waals surface area (Å²) in [6.45, 7) is 14.4. The van der Waals surface area contributed by atoms with Gasteiger partial charge in [-0.3, -0.25) is 33.7 Å². The summed E-state index contributed by atoms with van der Waals surface area (Å²) in [5.41, 5.74) is 0.686. The van der Waals surface area contributed by atoms with E-state index >= 15 is 0 Å². The maximum Gasteiger partial charge on any atom is 0.472 e. The molecule has 0 aliphatic carbocycles. The standard InChI is InChI=1S/C46H72N5O13PS2/c1-11-28(4)33(23-38(53)36-14-12-13-19-50(36)9)44(56)51(10)37(27(2)3)24-40(64-30(6)52)43-49-35(25-67-43)42(55)47-32(20-29(5)45(57)58)21-31-15-16-39(62-26-63-65(59,60)61)34(22-31)48-41(54)17-18-46(7,8)66/h15-16,22,25,27-29,32-33,36-37,40,66H,11-14,17-21,23-24,26H2,1-10H3,(H,47,55)(H,48,54)(H,57,58)(H2,59,60,61)/t28-,29?,32+,33-,36+,37+,40+/m0/s1. The average molecular weight is 998 g/mol. The van der Waals surface area contributed by atoms with Crippen LogP contribution in [0, 0.1) is 23.7 Å². The molecule has 1 aliphatic heterocycles. The highest BCUT2D eigenvalue weighted by Crippen LogP contribution is 2.37. The molecule has 0 bridgehead atoms. The number of hydrogen-bond donors (Lipinski definition) is 6. The monoisotopic (exact) mass is 997 g/mol. The molecule has 5 N–H and O–H groups in total. The molecule has 3 amide bonds. The molecule has 1 aliphatic rings. The average Bonchev–Trinajstić information content (AvgIpc) is 3.73. The fourth-order valence-corrected chi connectivity index (χ4v) is 9.24. The minimum absolute atomic E-state index is 0.00172. The second kappa shape index (κ2) is 26.2. The maximum absolute atomic E-state index is 14.4. The topological polar surface area (TPSA) is 251 Å². The zero-order valence-corrected chi connectivity index (χ0v) is 43.1. The largest absolute Gasteiger partial charge is 0.481 e. The van der Waals surface area contributed by atoms with Crippen molar-refractivity contribution in [3.63, 3.8) is 0 Å². The number of thiol groups is 1. The summed E-state index contributed by atoms with van der Waals surface area (Å²) in [6.07, 6.45) is 3.44. The van der Waals surface area contributed by atoms with Crippen LogP contribution in [0.25, 0.3) is 0 Å². The Morgan fingerprint density at radius 3 is 2.36 bits per heavy atom. The summed E-state index contributed by atoms with van der Waals surface area (Å²) in [7, 11) is -1.20. The zero-order chi connectivity index (χ0) is 50.4. The first-order valence-electron chi connectivity index (χ1n) is 22.8. The number of rotatable bonds is 27. The summed E-state index contributed by atoms with van der Waals surface area (Å²) >= 11 is 5.58. The van der Waals surface area contributed by atoms with Crippen LogP contribution in [0.5, 0.6) is 5.75 Å². The lowest BCUT2D eigenvalue weighted by Gasteiger charge is -2.37. The third kappa shape index (κ3) is 19.2. The number of phosphoric acid groups is 1. The molecule has 21 heteroatoms. The molecule has 1 aromatic heterocycles. The Balaban J connectivity index is 1.89. The highest BCUT2D eigenvalue weighted by atomic mass is 32.1. The lowest BCUT2D eigenvalue weighted by atomic mass is 9.83. The first-order chi connectivity index (χ1) is 31.2. The van der Waals surface area contributed by atoms with Crippen LogP contribution in [-0.4, -0.2) is 115 Å². The van der Waals surface area contributed by atoms with Crippen LogP contribution in [0.3, 0.4) is 0 Å². The highest BCUT2D eigenvalue weighted by Gasteiger charge is 2.38. The molecule has 2 aromatic rings. The number of hydrogen-bond acceptors (Lipinski definition) is 14. The van der Waals surface area contributed by atoms with E-state index in [1.165, 1.54) is 25.3 Å². The highest BCUT2D eigenvalue weighted by molar-refractivity contribution is 7.81. The van der Waals surface area contributed by atoms with E-state index in [1.807, 2.05) is 48.6 Å². The number of nitrogens with zero attached hydrogens (tertiary/aromatic N) is 3. The zero-order valence-electron chi connectivity index (χ0n) is 40.5. The van der Waals surface area contributed by atoms with Crippen molar-refractivity contribution in [3.05, 3.63) is 39.8 Å². The number of nitrogens with one attached hydrogen (secondary N) is 2. The number of piperidine rings is 1. The van der Waals surface area contributed by atoms with Crippen LogP contribution >= 0.6 is 31.8 Å². The molecule has 7 atom stereocenters. The van der Waals surface area contributed by atoms with Crippen LogP contribution in [0.15, 0.2) is 23.6 Å². The van der Waals surface area contributed by atoms with E-state index in [0.717, 1.165) is 37.1 Å². The maximum atomic E-state index is 14.4. The number of likely N-dealkylation sites (N-methyl/N-ethyl adjacent to an activating group) is 1. The smallest absolute Gasteiger partial charge is 0.472 e. The Bertz CT molecular complexity index is 2060. The summed E-state index contributed by atoms with van der Waals surface area (Å²) in [4.78, 5) is 106. The number of carbonyl (C=O) groups excluding carboxylic acids is 5. The summed E-state index contributed by atoms with van der Waals surface area (Å²) in [6, 6.07) is 3.16. The van der Waals surface area contributed by atoms with Gasteiger partial charge < -0.3 is 39.9 Å². The van der Waals surface area contributed by atoms with E-state index in [2.05, 4.69) is 37.7 Å². The summed E-state index contributed by atoms with van der Waals surface area (Å²) in [5.74, 6) is -4.34. The number of thiazole rings is 1. The van der Waals surface area contributed by atoms with Gasteiger partial charge in [-0.1, -0.05) is 67.4 Å². The number of anilines is 1. The molecule has 0 saturated carbocycles. The molecule has 1 saturated heterocycles. The Kier molecular flexibility index (Phi) is 22.4. The number of carboxylic acids is 1. The van der Waals surface area contributed by atoms with Crippen molar-refractivity contribution in [3.8, 4) is 5.75 Å². The molecular formula is C46H72N5O13PS2. The number of carbonyl (C=O) groups is 6. The van der Waals surface area contributed by atoms with Crippen LogP contribution in [-0.2, 0) is 44.2 Å². The number of ether oxygens (including phenoxy) is 2. The van der Waals surface area contributed by atoms with Crippen molar-refractivity contribution in [2.45, 2.75) is 149 Å². The van der Waals surface area contributed by atoms with Crippen molar-refractivity contribution in [2.24, 2.45) is 23.7 Å². The van der Waals surface area contributed by atoms with Crippen molar-refractivity contribution in [1.29, 1.82) is 0 Å². The van der Waals surface area contributed by atoms with E-state index in [1.54, 1.807) is 24.1 Å². The number of aromatic nitrogens is 1. The number of benzene rings is 1. The van der Waals surface area contributed by atoms with Gasteiger partial charge in [0.05, 0.1) is 17.6 Å². The minimum atomic E-state index is -4.87. The second-order valence-corrected chi connectivity index (χ2v) is 22.1. The van der Waals surface area contributed by atoms with Crippen LogP contribution in [0.2, 0.25) is 0 Å². The van der Waals surface area contributed by atoms with Gasteiger partial charge in [0.2, 0.25) is 11.8 Å². The van der Waals surface area contributed by atoms with Gasteiger partial charge in [-0.05, 0) is 75.2 Å². The molecule has 376 valence electrons. The van der Waals surface area contributed by atoms with Gasteiger partial charge in [0.25, 0.3) is 5.91 Å². The first kappa shape index (κ1) is 57.4. The van der Waals surface area contributed by atoms with Crippen molar-refractivity contribution in [1.82, 2.24) is 20.1 Å². The molecule has 0 radical (unpaired) electrons. The molecule has 1 aromatic carbocycles. The van der Waals surface area contributed by atoms with Gasteiger partial charge in [-0.25, -0.2) is 14.1 Å². The Morgan fingerprint density at radius 1 is 1.09 bits per heavy atom. The molecule has 1 unspecified atom stereocenters. The second-order valence-electron chi connectivity index (χ2n) is 18.7. The van der Waals surface area contributed by atoms with Gasteiger partial charge in [-0.15, -0.1) is 11.3 Å². The Hall–Kier alpha value is -3.91. The predicted octanol–water partition coefficient (Wildman–Crippen LogP) is 7.05. The van der Waals surface area contributed by atoms with Crippen molar-refractivity contribution >= 4 is 72.9 Å². The molecule has 67 heavy (non-hydrogen) atoms. The summed E-state index contributed by atoms with van der Waals surface area (Å²) in [5, 5.41) is 17.3. The number of likely N-dealkylation sites (tertiary alicyclic amines) is 1. The number of amides is 3. The molecule has 0 spiro atoms. The first-order valence-corrected chi connectivity index (χ1v) is 25.7. The predicted molar refractivity (Wildman–Crippen MR) is 258 cm³/mol. The normalized spacial score (nSPS) is 17.4. The number of esters is 1. The quantitative estimate of drug-likeness (QED) is 0.0227. The molecule has 18 nitrogen and oxygen atoms in total. The van der Waals surface area contributed by atoms with Crippen molar-refractivity contribution in [2.75, 3.05) is 32.7 Å². The van der Waals surface area contributed by atoms with E-state index in [-0.39, 0.29) is 78.8 Å². The van der Waals surface area contributed by atoms with Gasteiger partial charge in [-0.2, -0.15) is 12.6 Å². The Labute approximate surface area is 404 Å². The van der Waals surface area contributed by atoms with E-state index < -0.39 is 73.1 Å². The van der Waals surface area contributed by atoms with Crippen molar-refractivity contribution < 1.29 is 62.2 Å². The number of carboxylic acid groups (broad SMARTS) is 1. The molecule has 2 heterocycles. The van der Waals surface area contributed by atoms with Gasteiger partial charge in [0.15, 0.2) is 18.7 Å². The number of aliphatic carboxylic acids is 1. The lowest BCUT2D eigenvalue weighted by molar-refractivity contribution is -0.149. The number of ketones is 1. The van der Waals surface area contributed by atoms with E-state index in [0.29, 0.717) is 23.4 Å². The lowest BCUT2D eigenvalue weighted by Crippen LogP contribution is -2.48. The fourth-order valence-electron chi connectivity index (χ4n) is 8.10. The van der Waals surface area contributed by atoms with Crippen LogP contribution in [0.4, 0.5) is 5.69 Å². The number of phosphoric ester groups is 1. The molecule has 1 fully saturated rings. The minimum Gasteiger partial charge on any atom is -0.481 e.